The smallest absolute Gasteiger partial charge is 0.136 e. The van der Waals surface area contributed by atoms with Gasteiger partial charge in [-0.1, -0.05) is 97.1 Å². The Labute approximate surface area is 312 Å². The predicted molar refractivity (Wildman–Crippen MR) is 226 cm³/mol. The fourth-order valence-corrected chi connectivity index (χ4v) is 8.22. The number of benzene rings is 9. The molecule has 0 bridgehead atoms. The van der Waals surface area contributed by atoms with Crippen LogP contribution in [0.1, 0.15) is 0 Å². The first-order valence-corrected chi connectivity index (χ1v) is 18.3. The summed E-state index contributed by atoms with van der Waals surface area (Å²) in [5.41, 5.74) is 11.9. The molecule has 0 N–H and O–H groups in total. The molecule has 0 atom stereocenters. The zero-order valence-electron chi connectivity index (χ0n) is 29.3. The molecular formula is C51H32N2O. The minimum Gasteiger partial charge on any atom is -0.456 e. The highest BCUT2D eigenvalue weighted by Gasteiger charge is 2.16. The first kappa shape index (κ1) is 30.4. The molecule has 3 nitrogen and oxygen atoms in total. The third-order valence-electron chi connectivity index (χ3n) is 10.8. The topological polar surface area (TPSA) is 29.3 Å². The number of pyridine rings is 1. The number of furan rings is 1. The molecule has 0 radical (unpaired) electrons. The van der Waals surface area contributed by atoms with Crippen LogP contribution in [0.5, 0.6) is 0 Å². The van der Waals surface area contributed by atoms with Gasteiger partial charge in [-0.05, 0) is 146 Å². The van der Waals surface area contributed by atoms with Gasteiger partial charge >= 0.3 is 0 Å². The van der Waals surface area contributed by atoms with Gasteiger partial charge in [-0.15, -0.1) is 0 Å². The Morgan fingerprint density at radius 1 is 0.352 bits per heavy atom. The molecule has 0 spiro atoms. The molecule has 3 heteroatoms. The maximum Gasteiger partial charge on any atom is 0.136 e. The van der Waals surface area contributed by atoms with Gasteiger partial charge < -0.3 is 9.32 Å². The number of anilines is 3. The van der Waals surface area contributed by atoms with Crippen LogP contribution in [0.4, 0.5) is 17.1 Å². The van der Waals surface area contributed by atoms with Gasteiger partial charge in [-0.3, -0.25) is 4.98 Å². The van der Waals surface area contributed by atoms with E-state index in [0.717, 1.165) is 55.8 Å². The zero-order chi connectivity index (χ0) is 35.6. The standard InChI is InChI=1S/C51H32N2O/c1-2-8-42(9-3-1)53(44-24-19-34(20-25-44)47-11-6-7-27-52-47)43-22-17-33(18-23-43)40-28-36-13-15-38-30-41(31-39-16-14-37(29-40)50(36)51(38)39)35-21-26-46-45-10-4-5-12-48(45)54-49(46)32-35/h1-32H. The van der Waals surface area contributed by atoms with Crippen molar-refractivity contribution in [2.75, 3.05) is 4.90 Å². The van der Waals surface area contributed by atoms with Crippen molar-refractivity contribution in [2.24, 2.45) is 0 Å². The molecule has 54 heavy (non-hydrogen) atoms. The first-order chi connectivity index (χ1) is 26.7. The highest BCUT2D eigenvalue weighted by molar-refractivity contribution is 6.24. The van der Waals surface area contributed by atoms with E-state index in [4.69, 9.17) is 4.42 Å². The minimum absolute atomic E-state index is 0.919. The summed E-state index contributed by atoms with van der Waals surface area (Å²) in [5, 5.41) is 9.93. The van der Waals surface area contributed by atoms with Gasteiger partial charge in [0.25, 0.3) is 0 Å². The van der Waals surface area contributed by atoms with E-state index >= 15 is 0 Å². The van der Waals surface area contributed by atoms with Crippen LogP contribution in [0, 0.1) is 0 Å². The highest BCUT2D eigenvalue weighted by Crippen LogP contribution is 2.42. The summed E-state index contributed by atoms with van der Waals surface area (Å²) in [6.45, 7) is 0. The van der Waals surface area contributed by atoms with Gasteiger partial charge in [0.1, 0.15) is 11.2 Å². The van der Waals surface area contributed by atoms with Crippen molar-refractivity contribution >= 4 is 71.3 Å². The van der Waals surface area contributed by atoms with Crippen LogP contribution in [0.25, 0.3) is 87.8 Å². The van der Waals surface area contributed by atoms with E-state index in [-0.39, 0.29) is 0 Å². The molecule has 0 aliphatic rings. The number of fused-ring (bicyclic) bond motifs is 3. The van der Waals surface area contributed by atoms with Crippen molar-refractivity contribution in [1.29, 1.82) is 0 Å². The quantitative estimate of drug-likeness (QED) is 0.163. The normalized spacial score (nSPS) is 11.7. The summed E-state index contributed by atoms with van der Waals surface area (Å²) < 4.78 is 6.23. The number of aromatic nitrogens is 1. The lowest BCUT2D eigenvalue weighted by atomic mass is 9.89. The SMILES string of the molecule is c1ccc(N(c2ccc(-c3cc4ccc5cc(-c6ccc7c(c6)oc6ccccc67)cc6ccc(c3)c4c56)cc2)c2ccc(-c3ccccn3)cc2)cc1. The summed E-state index contributed by atoms with van der Waals surface area (Å²) in [7, 11) is 0. The third-order valence-corrected chi connectivity index (χ3v) is 10.8. The first-order valence-electron chi connectivity index (χ1n) is 18.3. The van der Waals surface area contributed by atoms with Crippen molar-refractivity contribution in [1.82, 2.24) is 4.98 Å². The second-order valence-corrected chi connectivity index (χ2v) is 14.0. The maximum atomic E-state index is 6.23. The lowest BCUT2D eigenvalue weighted by molar-refractivity contribution is 0.669. The molecule has 11 aromatic rings. The van der Waals surface area contributed by atoms with Crippen LogP contribution < -0.4 is 4.90 Å². The Hall–Kier alpha value is -7.23. The van der Waals surface area contributed by atoms with Gasteiger partial charge in [-0.2, -0.15) is 0 Å². The molecule has 0 aliphatic heterocycles. The highest BCUT2D eigenvalue weighted by atomic mass is 16.3. The molecule has 0 amide bonds. The van der Waals surface area contributed by atoms with E-state index in [9.17, 15) is 0 Å². The Balaban J connectivity index is 0.945. The molecule has 0 saturated heterocycles. The summed E-state index contributed by atoms with van der Waals surface area (Å²) in [5.74, 6) is 0. The van der Waals surface area contributed by atoms with Gasteiger partial charge in [-0.25, -0.2) is 0 Å². The number of rotatable bonds is 6. The van der Waals surface area contributed by atoms with Gasteiger partial charge in [0.2, 0.25) is 0 Å². The second-order valence-electron chi connectivity index (χ2n) is 14.0. The van der Waals surface area contributed by atoms with Crippen LogP contribution in [-0.2, 0) is 0 Å². The summed E-state index contributed by atoms with van der Waals surface area (Å²) in [6.07, 6.45) is 1.84. The van der Waals surface area contributed by atoms with Gasteiger partial charge in [0.05, 0.1) is 5.69 Å². The largest absolute Gasteiger partial charge is 0.456 e. The van der Waals surface area contributed by atoms with Crippen molar-refractivity contribution in [3.8, 4) is 33.5 Å². The lowest BCUT2D eigenvalue weighted by Crippen LogP contribution is -2.09. The molecular weight excluding hydrogens is 657 g/mol. The lowest BCUT2D eigenvalue weighted by Gasteiger charge is -2.26. The molecule has 0 unspecified atom stereocenters. The van der Waals surface area contributed by atoms with Crippen molar-refractivity contribution in [2.45, 2.75) is 0 Å². The summed E-state index contributed by atoms with van der Waals surface area (Å²) in [4.78, 5) is 6.84. The molecule has 11 rings (SSSR count). The number of nitrogens with zero attached hydrogens (tertiary/aromatic N) is 2. The average molecular weight is 689 g/mol. The van der Waals surface area contributed by atoms with Crippen LogP contribution >= 0.6 is 0 Å². The van der Waals surface area contributed by atoms with E-state index < -0.39 is 0 Å². The summed E-state index contributed by atoms with van der Waals surface area (Å²) in [6, 6.07) is 67.4. The second kappa shape index (κ2) is 12.2. The fourth-order valence-electron chi connectivity index (χ4n) is 8.22. The number of para-hydroxylation sites is 2. The molecule has 2 aromatic heterocycles. The molecule has 2 heterocycles. The Morgan fingerprint density at radius 2 is 0.870 bits per heavy atom. The van der Waals surface area contributed by atoms with Crippen molar-refractivity contribution in [3.05, 3.63) is 194 Å². The van der Waals surface area contributed by atoms with Crippen LogP contribution in [0.15, 0.2) is 199 Å². The van der Waals surface area contributed by atoms with E-state index in [2.05, 4.69) is 168 Å². The van der Waals surface area contributed by atoms with Gasteiger partial charge in [0.15, 0.2) is 0 Å². The average Bonchev–Trinajstić information content (AvgIpc) is 3.62. The maximum absolute atomic E-state index is 6.23. The van der Waals surface area contributed by atoms with E-state index in [0.29, 0.717) is 0 Å². The van der Waals surface area contributed by atoms with E-state index in [1.807, 2.05) is 36.5 Å². The van der Waals surface area contributed by atoms with Gasteiger partial charge in [0, 0.05) is 39.6 Å². The monoisotopic (exact) mass is 688 g/mol. The number of hydrogen-bond donors (Lipinski definition) is 0. The Bertz CT molecular complexity index is 3060. The molecule has 0 aliphatic carbocycles. The Morgan fingerprint density at radius 3 is 1.50 bits per heavy atom. The zero-order valence-corrected chi connectivity index (χ0v) is 29.3. The van der Waals surface area contributed by atoms with E-state index in [1.54, 1.807) is 0 Å². The Kier molecular flexibility index (Phi) is 6.86. The minimum atomic E-state index is 0.919. The molecule has 9 aromatic carbocycles. The molecule has 0 fully saturated rings. The van der Waals surface area contributed by atoms with E-state index in [1.165, 1.54) is 49.0 Å². The van der Waals surface area contributed by atoms with Crippen molar-refractivity contribution < 1.29 is 4.42 Å². The van der Waals surface area contributed by atoms with Crippen molar-refractivity contribution in [3.63, 3.8) is 0 Å². The van der Waals surface area contributed by atoms with Crippen LogP contribution in [0.3, 0.4) is 0 Å². The molecule has 0 saturated carbocycles. The third kappa shape index (κ3) is 5.02. The molecule has 252 valence electrons. The predicted octanol–water partition coefficient (Wildman–Crippen LogP) is 14.3. The number of hydrogen-bond acceptors (Lipinski definition) is 3. The fraction of sp³-hybridized carbons (Fsp3) is 0. The van der Waals surface area contributed by atoms with Crippen LogP contribution in [-0.4, -0.2) is 4.98 Å². The van der Waals surface area contributed by atoms with Crippen LogP contribution in [0.2, 0.25) is 0 Å². The summed E-state index contributed by atoms with van der Waals surface area (Å²) >= 11 is 0.